The maximum Gasteiger partial charge on any atom is 0.340 e. The van der Waals surface area contributed by atoms with Gasteiger partial charge in [0.2, 0.25) is 0 Å². The fourth-order valence-electron chi connectivity index (χ4n) is 6.06. The van der Waals surface area contributed by atoms with Gasteiger partial charge in [0.05, 0.1) is 12.0 Å². The molecule has 3 aliphatic carbocycles. The number of aryl methyl sites for hydroxylation is 1. The third-order valence-corrected chi connectivity index (χ3v) is 8.74. The van der Waals surface area contributed by atoms with Gasteiger partial charge in [0.1, 0.15) is 17.0 Å². The number of ketones is 1. The molecule has 0 spiro atoms. The highest BCUT2D eigenvalue weighted by atomic mass is 16.5. The monoisotopic (exact) mass is 523 g/mol. The number of hydrogen-bond acceptors (Lipinski definition) is 6. The third kappa shape index (κ3) is 4.54. The van der Waals surface area contributed by atoms with Crippen LogP contribution in [0.2, 0.25) is 0 Å². The number of aromatic nitrogens is 1. The van der Waals surface area contributed by atoms with E-state index < -0.39 is 11.9 Å². The molecule has 7 nitrogen and oxygen atoms in total. The van der Waals surface area contributed by atoms with Gasteiger partial charge in [0, 0.05) is 54.5 Å². The van der Waals surface area contributed by atoms with E-state index in [1.165, 1.54) is 18.4 Å². The zero-order valence-electron chi connectivity index (χ0n) is 22.1. The third-order valence-electron chi connectivity index (χ3n) is 8.74. The smallest absolute Gasteiger partial charge is 0.340 e. The number of benzene rings is 1. The number of carbonyl (C=O) groups is 2. The lowest BCUT2D eigenvalue weighted by atomic mass is 9.82. The minimum absolute atomic E-state index is 0.100. The van der Waals surface area contributed by atoms with Gasteiger partial charge in [-0.2, -0.15) is 0 Å². The number of aliphatic carboxylic acids is 1. The van der Waals surface area contributed by atoms with Gasteiger partial charge in [-0.15, -0.1) is 0 Å². The number of Topliss-reactive ketones (excluding diaryl/α,β-unsaturated/α-hetero) is 1. The summed E-state index contributed by atoms with van der Waals surface area (Å²) in [6, 6.07) is 8.19. The molecule has 1 saturated heterocycles. The summed E-state index contributed by atoms with van der Waals surface area (Å²) in [4.78, 5) is 29.0. The fraction of sp³-hybridized carbons (Fsp3) is 0.406. The van der Waals surface area contributed by atoms with E-state index in [2.05, 4.69) is 52.2 Å². The highest BCUT2D eigenvalue weighted by Crippen LogP contribution is 2.45. The molecule has 0 radical (unpaired) electrons. The van der Waals surface area contributed by atoms with E-state index in [1.54, 1.807) is 6.20 Å². The lowest BCUT2D eigenvalue weighted by Gasteiger charge is -2.44. The van der Waals surface area contributed by atoms with Gasteiger partial charge >= 0.3 is 5.97 Å². The molecular weight excluding hydrogens is 490 g/mol. The summed E-state index contributed by atoms with van der Waals surface area (Å²) in [6.07, 6.45) is 16.8. The minimum atomic E-state index is -1.14. The molecule has 2 saturated carbocycles. The number of carboxylic acid groups (broad SMARTS) is 1. The van der Waals surface area contributed by atoms with Crippen LogP contribution in [0.5, 0.6) is 0 Å². The average molecular weight is 524 g/mol. The second-order valence-electron chi connectivity index (χ2n) is 11.7. The number of allylic oxidation sites excluding steroid dienone is 1. The van der Waals surface area contributed by atoms with Crippen LogP contribution in [0.1, 0.15) is 48.5 Å². The maximum atomic E-state index is 12.9. The molecule has 3 fully saturated rings. The first-order valence-corrected chi connectivity index (χ1v) is 14.1. The predicted octanol–water partition coefficient (Wildman–Crippen LogP) is 5.17. The zero-order valence-corrected chi connectivity index (χ0v) is 22.1. The summed E-state index contributed by atoms with van der Waals surface area (Å²) in [5.74, 6) is 0.631. The van der Waals surface area contributed by atoms with Gasteiger partial charge in [-0.05, 0) is 56.2 Å². The SMILES string of the molecule is Cc1ccccc1-c1noc(C2CC2)c1/C=C/C1CN(C2=CC3C(C=C2)C(=O)C(C(=O)O)=CN3CC2CC2)C1. The van der Waals surface area contributed by atoms with Crippen LogP contribution in [-0.4, -0.2) is 57.5 Å². The first-order valence-electron chi connectivity index (χ1n) is 14.1. The molecule has 7 rings (SSSR count). The highest BCUT2D eigenvalue weighted by molar-refractivity contribution is 6.18. The van der Waals surface area contributed by atoms with E-state index in [0.29, 0.717) is 17.8 Å². The van der Waals surface area contributed by atoms with Crippen LogP contribution in [-0.2, 0) is 9.59 Å². The Hall–Kier alpha value is -3.87. The standard InChI is InChI=1S/C32H33N3O4/c1-19-4-2-3-5-24(19)29-26(31(39-33-29)22-9-10-22)12-8-21-16-34(17-21)23-11-13-25-28(14-23)35(15-20-6-7-20)18-27(30(25)36)32(37)38/h2-5,8,11-14,18,20-22,25,28H,6-7,9-10,15-17H2,1H3,(H,37,38)/b12-8+. The average Bonchev–Trinajstić information content (AvgIpc) is 3.84. The molecule has 2 aliphatic heterocycles. The minimum Gasteiger partial charge on any atom is -0.478 e. The predicted molar refractivity (Wildman–Crippen MR) is 147 cm³/mol. The lowest BCUT2D eigenvalue weighted by molar-refractivity contribution is -0.136. The number of nitrogens with zero attached hydrogens (tertiary/aromatic N) is 3. The van der Waals surface area contributed by atoms with Crippen molar-refractivity contribution in [3.8, 4) is 11.3 Å². The van der Waals surface area contributed by atoms with Crippen molar-refractivity contribution >= 4 is 17.8 Å². The van der Waals surface area contributed by atoms with Crippen LogP contribution in [0.15, 0.2) is 70.6 Å². The molecule has 2 unspecified atom stereocenters. The van der Waals surface area contributed by atoms with Crippen molar-refractivity contribution in [3.05, 3.63) is 82.9 Å². The Labute approximate surface area is 228 Å². The number of carboxylic acids is 1. The first kappa shape index (κ1) is 24.2. The normalized spacial score (nSPS) is 25.0. The Morgan fingerprint density at radius 2 is 1.97 bits per heavy atom. The Morgan fingerprint density at radius 1 is 1.18 bits per heavy atom. The molecule has 1 aromatic heterocycles. The fourth-order valence-corrected chi connectivity index (χ4v) is 6.06. The van der Waals surface area contributed by atoms with Crippen LogP contribution in [0, 0.1) is 24.7 Å². The molecule has 39 heavy (non-hydrogen) atoms. The van der Waals surface area contributed by atoms with E-state index >= 15 is 0 Å². The van der Waals surface area contributed by atoms with Gasteiger partial charge in [-0.1, -0.05) is 47.7 Å². The van der Waals surface area contributed by atoms with Gasteiger partial charge in [0.25, 0.3) is 0 Å². The number of hydrogen-bond donors (Lipinski definition) is 1. The molecule has 3 heterocycles. The lowest BCUT2D eigenvalue weighted by Crippen LogP contribution is -2.49. The number of fused-ring (bicyclic) bond motifs is 1. The summed E-state index contributed by atoms with van der Waals surface area (Å²) >= 11 is 0. The number of rotatable bonds is 8. The largest absolute Gasteiger partial charge is 0.478 e. The number of carbonyl (C=O) groups excluding carboxylic acids is 1. The maximum absolute atomic E-state index is 12.9. The summed E-state index contributed by atoms with van der Waals surface area (Å²) in [6.45, 7) is 4.72. The van der Waals surface area contributed by atoms with E-state index in [-0.39, 0.29) is 17.4 Å². The van der Waals surface area contributed by atoms with E-state index in [0.717, 1.165) is 60.8 Å². The van der Waals surface area contributed by atoms with Crippen molar-refractivity contribution in [2.45, 2.75) is 44.6 Å². The summed E-state index contributed by atoms with van der Waals surface area (Å²) < 4.78 is 5.85. The Bertz CT molecular complexity index is 1450. The molecule has 200 valence electrons. The molecule has 5 aliphatic rings. The highest BCUT2D eigenvalue weighted by Gasteiger charge is 2.42. The molecule has 2 aromatic rings. The molecule has 7 heteroatoms. The van der Waals surface area contributed by atoms with E-state index in [9.17, 15) is 14.7 Å². The molecular formula is C32H33N3O4. The molecule has 0 amide bonds. The van der Waals surface area contributed by atoms with Crippen molar-refractivity contribution < 1.29 is 19.2 Å². The molecule has 2 atom stereocenters. The van der Waals surface area contributed by atoms with Gasteiger partial charge in [0.15, 0.2) is 5.78 Å². The summed E-state index contributed by atoms with van der Waals surface area (Å²) in [7, 11) is 0. The second-order valence-corrected chi connectivity index (χ2v) is 11.7. The Balaban J connectivity index is 1.07. The van der Waals surface area contributed by atoms with Crippen molar-refractivity contribution in [3.63, 3.8) is 0 Å². The molecule has 1 aromatic carbocycles. The van der Waals surface area contributed by atoms with E-state index in [1.807, 2.05) is 24.3 Å². The Kier molecular flexibility index (Phi) is 5.83. The van der Waals surface area contributed by atoms with E-state index in [4.69, 9.17) is 4.52 Å². The quantitative estimate of drug-likeness (QED) is 0.478. The number of likely N-dealkylation sites (tertiary alicyclic amines) is 1. The van der Waals surface area contributed by atoms with Crippen molar-refractivity contribution in [1.82, 2.24) is 15.0 Å². The van der Waals surface area contributed by atoms with Gasteiger partial charge in [-0.25, -0.2) is 4.79 Å². The van der Waals surface area contributed by atoms with Gasteiger partial charge < -0.3 is 19.4 Å². The van der Waals surface area contributed by atoms with Crippen molar-refractivity contribution in [1.29, 1.82) is 0 Å². The molecule has 1 N–H and O–H groups in total. The van der Waals surface area contributed by atoms with Crippen LogP contribution < -0.4 is 0 Å². The summed E-state index contributed by atoms with van der Waals surface area (Å²) in [5.41, 5.74) is 5.37. The summed E-state index contributed by atoms with van der Waals surface area (Å²) in [5, 5.41) is 14.1. The Morgan fingerprint density at radius 3 is 2.69 bits per heavy atom. The van der Waals surface area contributed by atoms with Crippen LogP contribution in [0.4, 0.5) is 0 Å². The van der Waals surface area contributed by atoms with Crippen molar-refractivity contribution in [2.24, 2.45) is 17.8 Å². The van der Waals surface area contributed by atoms with Crippen LogP contribution in [0.25, 0.3) is 17.3 Å². The topological polar surface area (TPSA) is 86.9 Å². The van der Waals surface area contributed by atoms with Crippen molar-refractivity contribution in [2.75, 3.05) is 19.6 Å². The first-order chi connectivity index (χ1) is 19.0. The van der Waals surface area contributed by atoms with Crippen LogP contribution in [0.3, 0.4) is 0 Å². The zero-order chi connectivity index (χ0) is 26.7. The molecule has 0 bridgehead atoms. The second kappa shape index (κ2) is 9.40. The van der Waals surface area contributed by atoms with Gasteiger partial charge in [-0.3, -0.25) is 4.79 Å². The van der Waals surface area contributed by atoms with Crippen LogP contribution >= 0.6 is 0 Å².